The number of ether oxygens (including phenoxy) is 1. The summed E-state index contributed by atoms with van der Waals surface area (Å²) in [5, 5.41) is 2.11. The van der Waals surface area contributed by atoms with Crippen LogP contribution in [0.3, 0.4) is 0 Å². The number of piperidine rings is 1. The molecule has 3 aromatic carbocycles. The molecule has 1 N–H and O–H groups in total. The van der Waals surface area contributed by atoms with E-state index >= 15 is 0 Å². The van der Waals surface area contributed by atoms with Crippen molar-refractivity contribution in [2.45, 2.75) is 58.0 Å². The van der Waals surface area contributed by atoms with Crippen LogP contribution in [0.15, 0.2) is 106 Å². The zero-order valence-corrected chi connectivity index (χ0v) is 39.7. The monoisotopic (exact) mass is 1160 g/mol. The van der Waals surface area contributed by atoms with Gasteiger partial charge in [-0.2, -0.15) is 0 Å². The first-order chi connectivity index (χ1) is 27.8. The topological polar surface area (TPSA) is 102 Å². The minimum Gasteiger partial charge on any atom is -0.444 e. The molecule has 0 bridgehead atoms. The fourth-order valence-electron chi connectivity index (χ4n) is 5.43. The number of benzene rings is 3. The molecule has 1 aliphatic heterocycles. The lowest BCUT2D eigenvalue weighted by Gasteiger charge is -2.32. The molecule has 8 nitrogen and oxygen atoms in total. The van der Waals surface area contributed by atoms with Gasteiger partial charge in [-0.25, -0.2) is 13.6 Å². The van der Waals surface area contributed by atoms with E-state index in [1.165, 1.54) is 29.8 Å². The molecule has 6 rings (SSSR count). The normalized spacial score (nSPS) is 12.5. The van der Waals surface area contributed by atoms with Crippen LogP contribution in [0.1, 0.15) is 101 Å². The molecular formula is C45H40ClF2I3N2O6. The number of hydrogen-bond acceptors (Lipinski definition) is 6. The summed E-state index contributed by atoms with van der Waals surface area (Å²) in [6.45, 7) is 9.25. The SMILES string of the molecule is CC(C)(C)OC(=O)NCc1cccc(C2CCN(C(=O)c3ccc(C#Cc4ccccc4F)o3)CC2)c1.CC(I)(I)I.O=C(Cl)c1ccc(C#Cc2ccccc2F)o1. The van der Waals surface area contributed by atoms with Crippen LogP contribution < -0.4 is 5.32 Å². The number of likely N-dealkylation sites (tertiary alicyclic amines) is 1. The van der Waals surface area contributed by atoms with E-state index in [-0.39, 0.29) is 34.3 Å². The highest BCUT2D eigenvalue weighted by molar-refractivity contribution is 14.3. The van der Waals surface area contributed by atoms with E-state index in [4.69, 9.17) is 25.2 Å². The van der Waals surface area contributed by atoms with Crippen LogP contribution in [0.2, 0.25) is 0 Å². The molecule has 0 spiro atoms. The number of nitrogens with zero attached hydrogens (tertiary/aromatic N) is 1. The Balaban J connectivity index is 0.000000288. The van der Waals surface area contributed by atoms with Gasteiger partial charge in [0.25, 0.3) is 11.1 Å². The van der Waals surface area contributed by atoms with Crippen molar-refractivity contribution >= 4 is 96.6 Å². The van der Waals surface area contributed by atoms with Crippen LogP contribution >= 0.6 is 79.4 Å². The zero-order valence-electron chi connectivity index (χ0n) is 32.5. The van der Waals surface area contributed by atoms with Crippen molar-refractivity contribution in [1.29, 1.82) is 0 Å². The number of halogens is 6. The molecule has 2 aromatic heterocycles. The van der Waals surface area contributed by atoms with Gasteiger partial charge in [-0.1, -0.05) is 128 Å². The van der Waals surface area contributed by atoms with Crippen molar-refractivity contribution in [1.82, 2.24) is 10.2 Å². The van der Waals surface area contributed by atoms with Gasteiger partial charge in [0.05, 0.1) is 11.1 Å². The maximum Gasteiger partial charge on any atom is 0.407 e. The van der Waals surface area contributed by atoms with Crippen molar-refractivity contribution in [3.8, 4) is 23.7 Å². The number of rotatable bonds is 5. The number of carbonyl (C=O) groups excluding carboxylic acids is 3. The highest BCUT2D eigenvalue weighted by Crippen LogP contribution is 2.33. The van der Waals surface area contributed by atoms with Crippen molar-refractivity contribution in [3.05, 3.63) is 154 Å². The Kier molecular flexibility index (Phi) is 18.3. The number of alkyl halides is 3. The van der Waals surface area contributed by atoms with Gasteiger partial charge in [0.1, 0.15) is 16.7 Å². The molecule has 14 heteroatoms. The molecule has 1 saturated heterocycles. The molecule has 1 fully saturated rings. The lowest BCUT2D eigenvalue weighted by atomic mass is 9.88. The van der Waals surface area contributed by atoms with Crippen LogP contribution in [0.4, 0.5) is 13.6 Å². The molecule has 59 heavy (non-hydrogen) atoms. The van der Waals surface area contributed by atoms with Gasteiger partial charge in [0.2, 0.25) is 0 Å². The van der Waals surface area contributed by atoms with E-state index < -0.39 is 28.6 Å². The largest absolute Gasteiger partial charge is 0.444 e. The summed E-state index contributed by atoms with van der Waals surface area (Å²) in [7, 11) is 0. The van der Waals surface area contributed by atoms with Gasteiger partial charge in [0, 0.05) is 19.6 Å². The molecule has 1 aliphatic rings. The highest BCUT2D eigenvalue weighted by Gasteiger charge is 2.26. The summed E-state index contributed by atoms with van der Waals surface area (Å²) >= 11 is 12.3. The third-order valence-corrected chi connectivity index (χ3v) is 8.23. The second-order valence-electron chi connectivity index (χ2n) is 14.0. The predicted octanol–water partition coefficient (Wildman–Crippen LogP) is 12.0. The standard InChI is InChI=1S/C30H31FN2O4.C13H6ClFO2.C2H3I3/c1-30(2,3)37-29(35)32-20-21-7-6-9-24(19-21)22-15-17-33(18-16-22)28(34)27-14-13-25(36-27)12-11-23-8-4-5-10-26(23)31;14-13(16)12-8-7-10(17-12)6-5-9-3-1-2-4-11(9)15;1-2(3,4)5/h4-10,13-14,19,22H,15-18,20H2,1-3H3,(H,32,35);1-4,7-8H;1H3. The van der Waals surface area contributed by atoms with Crippen molar-refractivity contribution in [2.75, 3.05) is 13.1 Å². The summed E-state index contributed by atoms with van der Waals surface area (Å²) in [6, 6.07) is 26.7. The summed E-state index contributed by atoms with van der Waals surface area (Å²) in [5.74, 6) is 10.9. The average molecular weight is 1160 g/mol. The van der Waals surface area contributed by atoms with Crippen LogP contribution in [0.25, 0.3) is 0 Å². The number of carbonyl (C=O) groups is 3. The van der Waals surface area contributed by atoms with Gasteiger partial charge >= 0.3 is 6.09 Å². The molecule has 2 amide bonds. The minimum absolute atomic E-state index is 0.0181. The van der Waals surface area contributed by atoms with Gasteiger partial charge in [-0.05, 0) is 130 Å². The van der Waals surface area contributed by atoms with Gasteiger partial charge < -0.3 is 23.8 Å². The van der Waals surface area contributed by atoms with Crippen LogP contribution in [-0.4, -0.2) is 40.3 Å². The lowest BCUT2D eigenvalue weighted by Crippen LogP contribution is -2.37. The van der Waals surface area contributed by atoms with Crippen molar-refractivity contribution < 1.29 is 36.7 Å². The Bertz CT molecular complexity index is 2350. The summed E-state index contributed by atoms with van der Waals surface area (Å²) in [4.78, 5) is 37.4. The molecular weight excluding hydrogens is 1120 g/mol. The van der Waals surface area contributed by atoms with Crippen molar-refractivity contribution in [2.24, 2.45) is 0 Å². The molecule has 308 valence electrons. The van der Waals surface area contributed by atoms with Crippen LogP contribution in [0.5, 0.6) is 0 Å². The van der Waals surface area contributed by atoms with Gasteiger partial charge in [-0.15, -0.1) is 0 Å². The summed E-state index contributed by atoms with van der Waals surface area (Å²) < 4.78 is 43.3. The van der Waals surface area contributed by atoms with Crippen molar-refractivity contribution in [3.63, 3.8) is 0 Å². The Morgan fingerprint density at radius 3 is 1.76 bits per heavy atom. The first-order valence-electron chi connectivity index (χ1n) is 18.2. The van der Waals surface area contributed by atoms with E-state index in [2.05, 4.69) is 116 Å². The smallest absolute Gasteiger partial charge is 0.407 e. The fraction of sp³-hybridized carbons (Fsp3) is 0.267. The molecule has 0 aliphatic carbocycles. The van der Waals surface area contributed by atoms with E-state index in [1.807, 2.05) is 32.9 Å². The number of furan rings is 2. The maximum atomic E-state index is 13.8. The average Bonchev–Trinajstić information content (AvgIpc) is 3.86. The second-order valence-corrected chi connectivity index (χ2v) is 27.0. The highest BCUT2D eigenvalue weighted by atomic mass is 127. The third-order valence-electron chi connectivity index (χ3n) is 8.05. The zero-order chi connectivity index (χ0) is 43.2. The molecule has 5 aromatic rings. The second kappa shape index (κ2) is 22.6. The Morgan fingerprint density at radius 2 is 1.27 bits per heavy atom. The Morgan fingerprint density at radius 1 is 0.763 bits per heavy atom. The summed E-state index contributed by atoms with van der Waals surface area (Å²) in [5.41, 5.74) is 2.20. The number of nitrogens with one attached hydrogen (secondary N) is 1. The van der Waals surface area contributed by atoms with Gasteiger partial charge in [-0.3, -0.25) is 9.59 Å². The molecule has 3 heterocycles. The number of alkyl carbamates (subject to hydrolysis) is 1. The van der Waals surface area contributed by atoms with E-state index in [9.17, 15) is 23.2 Å². The predicted molar refractivity (Wildman–Crippen MR) is 250 cm³/mol. The Labute approximate surface area is 389 Å². The Hall–Kier alpha value is -3.91. The number of hydrogen-bond donors (Lipinski definition) is 1. The fourth-order valence-corrected chi connectivity index (χ4v) is 5.53. The molecule has 0 atom stereocenters. The summed E-state index contributed by atoms with van der Waals surface area (Å²) in [6.07, 6.45) is 1.22. The molecule has 0 unspecified atom stereocenters. The van der Waals surface area contributed by atoms with E-state index in [0.29, 0.717) is 30.7 Å². The first kappa shape index (κ1) is 47.8. The maximum absolute atomic E-state index is 13.8. The van der Waals surface area contributed by atoms with E-state index in [0.717, 1.165) is 18.4 Å². The first-order valence-corrected chi connectivity index (χ1v) is 21.8. The minimum atomic E-state index is -0.691. The third kappa shape index (κ3) is 17.3. The van der Waals surface area contributed by atoms with Crippen LogP contribution in [-0.2, 0) is 11.3 Å². The lowest BCUT2D eigenvalue weighted by molar-refractivity contribution is 0.0523. The van der Waals surface area contributed by atoms with Crippen LogP contribution in [0, 0.1) is 35.3 Å². The molecule has 0 saturated carbocycles. The quantitative estimate of drug-likeness (QED) is 0.0814. The number of amides is 2. The molecule has 0 radical (unpaired) electrons. The van der Waals surface area contributed by atoms with Gasteiger partial charge in [0.15, 0.2) is 23.0 Å². The van der Waals surface area contributed by atoms with E-state index in [1.54, 1.807) is 53.4 Å².